The first-order valence-corrected chi connectivity index (χ1v) is 8.24. The van der Waals surface area contributed by atoms with Gasteiger partial charge in [-0.25, -0.2) is 4.79 Å². The number of esters is 1. The Bertz CT molecular complexity index is 759. The lowest BCUT2D eigenvalue weighted by atomic mass is 10.1. The Hall–Kier alpha value is -2.86. The van der Waals surface area contributed by atoms with E-state index in [9.17, 15) is 14.4 Å². The van der Waals surface area contributed by atoms with Gasteiger partial charge in [-0.3, -0.25) is 9.59 Å². The highest BCUT2D eigenvalue weighted by Gasteiger charge is 2.12. The molecule has 0 aliphatic heterocycles. The van der Waals surface area contributed by atoms with Crippen molar-refractivity contribution in [3.63, 3.8) is 0 Å². The van der Waals surface area contributed by atoms with Crippen molar-refractivity contribution in [3.05, 3.63) is 64.7 Å². The predicted octanol–water partition coefficient (Wildman–Crippen LogP) is 2.95. The van der Waals surface area contributed by atoms with Crippen LogP contribution in [-0.2, 0) is 14.3 Å². The van der Waals surface area contributed by atoms with E-state index in [0.29, 0.717) is 22.6 Å². The summed E-state index contributed by atoms with van der Waals surface area (Å²) < 4.78 is 10.1. The van der Waals surface area contributed by atoms with Crippen molar-refractivity contribution >= 4 is 29.8 Å². The van der Waals surface area contributed by atoms with E-state index in [-0.39, 0.29) is 12.6 Å². The fourth-order valence-electron chi connectivity index (χ4n) is 2.09. The number of nitrogens with one attached hydrogen (secondary N) is 1. The summed E-state index contributed by atoms with van der Waals surface area (Å²) in [5.41, 5.74) is 1.39. The predicted molar refractivity (Wildman–Crippen MR) is 96.3 cm³/mol. The van der Waals surface area contributed by atoms with Crippen LogP contribution in [0.25, 0.3) is 0 Å². The molecular weight excluding hydrogens is 358 g/mol. The van der Waals surface area contributed by atoms with E-state index in [2.05, 4.69) is 5.32 Å². The van der Waals surface area contributed by atoms with Crippen molar-refractivity contribution in [1.82, 2.24) is 5.32 Å². The van der Waals surface area contributed by atoms with Gasteiger partial charge in [0.25, 0.3) is 5.91 Å². The first kappa shape index (κ1) is 19.5. The summed E-state index contributed by atoms with van der Waals surface area (Å²) in [7, 11) is 0. The molecule has 1 N–H and O–H groups in total. The van der Waals surface area contributed by atoms with Crippen LogP contribution in [-0.4, -0.2) is 31.4 Å². The van der Waals surface area contributed by atoms with Crippen molar-refractivity contribution in [2.45, 2.75) is 13.0 Å². The van der Waals surface area contributed by atoms with Crippen LogP contribution in [0.1, 0.15) is 28.9 Å². The Labute approximate surface area is 156 Å². The van der Waals surface area contributed by atoms with Crippen LogP contribution in [0, 0.1) is 0 Å². The summed E-state index contributed by atoms with van der Waals surface area (Å²) in [6.45, 7) is 1.08. The van der Waals surface area contributed by atoms with E-state index in [0.717, 1.165) is 5.56 Å². The standard InChI is InChI=1S/C19H18ClNO5/c1-13(15-4-6-16(20)7-5-15)21-18(23)11-26-19(24)12-25-17-8-2-14(10-22)3-9-17/h2-10,13H,11-12H2,1H3,(H,21,23)/t13-/m1/s1. The lowest BCUT2D eigenvalue weighted by molar-refractivity contribution is -0.150. The fourth-order valence-corrected chi connectivity index (χ4v) is 2.22. The maximum Gasteiger partial charge on any atom is 0.344 e. The van der Waals surface area contributed by atoms with Gasteiger partial charge in [0.1, 0.15) is 12.0 Å². The van der Waals surface area contributed by atoms with E-state index < -0.39 is 18.5 Å². The molecule has 0 fully saturated rings. The van der Waals surface area contributed by atoms with E-state index in [4.69, 9.17) is 21.1 Å². The minimum absolute atomic E-state index is 0.244. The third kappa shape index (κ3) is 6.22. The largest absolute Gasteiger partial charge is 0.482 e. The number of carbonyl (C=O) groups is 3. The van der Waals surface area contributed by atoms with Crippen molar-refractivity contribution < 1.29 is 23.9 Å². The quantitative estimate of drug-likeness (QED) is 0.566. The maximum atomic E-state index is 11.9. The number of hydrogen-bond acceptors (Lipinski definition) is 5. The zero-order chi connectivity index (χ0) is 18.9. The summed E-state index contributed by atoms with van der Waals surface area (Å²) >= 11 is 5.82. The highest BCUT2D eigenvalue weighted by Crippen LogP contribution is 2.16. The van der Waals surface area contributed by atoms with Crippen molar-refractivity contribution in [3.8, 4) is 5.75 Å². The van der Waals surface area contributed by atoms with Crippen LogP contribution in [0.2, 0.25) is 5.02 Å². The van der Waals surface area contributed by atoms with Crippen LogP contribution < -0.4 is 10.1 Å². The van der Waals surface area contributed by atoms with Gasteiger partial charge in [-0.2, -0.15) is 0 Å². The van der Waals surface area contributed by atoms with Crippen LogP contribution >= 0.6 is 11.6 Å². The second kappa shape index (κ2) is 9.58. The molecule has 0 heterocycles. The molecule has 0 aliphatic rings. The minimum Gasteiger partial charge on any atom is -0.482 e. The molecule has 2 rings (SSSR count). The number of aldehydes is 1. The summed E-state index contributed by atoms with van der Waals surface area (Å²) in [5.74, 6) is -0.664. The van der Waals surface area contributed by atoms with Crippen LogP contribution in [0.4, 0.5) is 0 Å². The molecule has 7 heteroatoms. The molecule has 0 aliphatic carbocycles. The smallest absolute Gasteiger partial charge is 0.344 e. The molecule has 1 amide bonds. The molecule has 2 aromatic carbocycles. The Morgan fingerprint density at radius 3 is 2.35 bits per heavy atom. The summed E-state index contributed by atoms with van der Waals surface area (Å²) in [6.07, 6.45) is 0.710. The average molecular weight is 376 g/mol. The van der Waals surface area contributed by atoms with Crippen molar-refractivity contribution in [2.75, 3.05) is 13.2 Å². The average Bonchev–Trinajstić information content (AvgIpc) is 2.65. The normalized spacial score (nSPS) is 11.3. The van der Waals surface area contributed by atoms with Crippen molar-refractivity contribution in [1.29, 1.82) is 0 Å². The SMILES string of the molecule is C[C@@H](NC(=O)COC(=O)COc1ccc(C=O)cc1)c1ccc(Cl)cc1. The fraction of sp³-hybridized carbons (Fsp3) is 0.211. The second-order valence-corrected chi connectivity index (χ2v) is 5.91. The molecule has 26 heavy (non-hydrogen) atoms. The summed E-state index contributed by atoms with van der Waals surface area (Å²) in [5, 5.41) is 3.34. The Morgan fingerprint density at radius 2 is 1.73 bits per heavy atom. The van der Waals surface area contributed by atoms with Crippen LogP contribution in [0.3, 0.4) is 0 Å². The number of ether oxygens (including phenoxy) is 2. The Balaban J connectivity index is 1.71. The summed E-state index contributed by atoms with van der Waals surface area (Å²) in [6, 6.07) is 13.1. The molecule has 0 saturated heterocycles. The highest BCUT2D eigenvalue weighted by atomic mass is 35.5. The van der Waals surface area contributed by atoms with Gasteiger partial charge in [0.05, 0.1) is 6.04 Å². The number of carbonyl (C=O) groups excluding carboxylic acids is 3. The van der Waals surface area contributed by atoms with Crippen LogP contribution in [0.15, 0.2) is 48.5 Å². The van der Waals surface area contributed by atoms with Gasteiger partial charge >= 0.3 is 5.97 Å². The molecular formula is C19H18ClNO5. The van der Waals surface area contributed by atoms with Gasteiger partial charge < -0.3 is 14.8 Å². The van der Waals surface area contributed by atoms with E-state index in [1.807, 2.05) is 19.1 Å². The van der Waals surface area contributed by atoms with E-state index >= 15 is 0 Å². The Kier molecular flexibility index (Phi) is 7.17. The molecule has 0 unspecified atom stereocenters. The van der Waals surface area contributed by atoms with Gasteiger partial charge in [0.15, 0.2) is 13.2 Å². The first-order chi connectivity index (χ1) is 12.5. The molecule has 0 aromatic heterocycles. The maximum absolute atomic E-state index is 11.9. The number of rotatable bonds is 8. The molecule has 136 valence electrons. The molecule has 6 nitrogen and oxygen atoms in total. The van der Waals surface area contributed by atoms with Crippen LogP contribution in [0.5, 0.6) is 5.75 Å². The molecule has 2 aromatic rings. The number of halogens is 1. The molecule has 0 radical (unpaired) electrons. The highest BCUT2D eigenvalue weighted by molar-refractivity contribution is 6.30. The zero-order valence-corrected chi connectivity index (χ0v) is 14.9. The topological polar surface area (TPSA) is 81.7 Å². The van der Waals surface area contributed by atoms with Gasteiger partial charge in [-0.15, -0.1) is 0 Å². The molecule has 1 atom stereocenters. The lowest BCUT2D eigenvalue weighted by Crippen LogP contribution is -2.31. The monoisotopic (exact) mass is 375 g/mol. The minimum atomic E-state index is -0.668. The molecule has 0 saturated carbocycles. The number of hydrogen-bond donors (Lipinski definition) is 1. The number of benzene rings is 2. The first-order valence-electron chi connectivity index (χ1n) is 7.86. The summed E-state index contributed by atoms with van der Waals surface area (Å²) in [4.78, 5) is 34.0. The van der Waals surface area contributed by atoms with Gasteiger partial charge in [-0.05, 0) is 48.9 Å². The third-order valence-corrected chi connectivity index (χ3v) is 3.74. The molecule has 0 spiro atoms. The van der Waals surface area contributed by atoms with Gasteiger partial charge in [0.2, 0.25) is 0 Å². The van der Waals surface area contributed by atoms with Gasteiger partial charge in [0, 0.05) is 10.6 Å². The van der Waals surface area contributed by atoms with Crippen molar-refractivity contribution in [2.24, 2.45) is 0 Å². The lowest BCUT2D eigenvalue weighted by Gasteiger charge is -2.14. The number of amides is 1. The second-order valence-electron chi connectivity index (χ2n) is 5.48. The van der Waals surface area contributed by atoms with E-state index in [1.165, 1.54) is 0 Å². The third-order valence-electron chi connectivity index (χ3n) is 3.48. The van der Waals surface area contributed by atoms with Gasteiger partial charge in [-0.1, -0.05) is 23.7 Å². The Morgan fingerprint density at radius 1 is 1.08 bits per heavy atom. The molecule has 0 bridgehead atoms. The zero-order valence-electron chi connectivity index (χ0n) is 14.1. The van der Waals surface area contributed by atoms with E-state index in [1.54, 1.807) is 36.4 Å².